The van der Waals surface area contributed by atoms with E-state index in [2.05, 4.69) is 25.4 Å². The third-order valence-corrected chi connectivity index (χ3v) is 4.72. The summed E-state index contributed by atoms with van der Waals surface area (Å²) in [5.74, 6) is 3.04. The number of furan rings is 1. The van der Waals surface area contributed by atoms with E-state index >= 15 is 0 Å². The lowest BCUT2D eigenvalue weighted by molar-refractivity contribution is 0.317. The van der Waals surface area contributed by atoms with Crippen LogP contribution in [0.15, 0.2) is 22.8 Å². The Morgan fingerprint density at radius 3 is 2.86 bits per heavy atom. The van der Waals surface area contributed by atoms with Gasteiger partial charge in [0.1, 0.15) is 0 Å². The Bertz CT molecular complexity index is 565. The van der Waals surface area contributed by atoms with E-state index in [0.717, 1.165) is 36.8 Å². The standard InChI is InChI=1S/C15H21N5O/c1-3-12(16-7-1)11-5-8-20(9-6-11)15-17-14(18-19-15)13-4-2-10-21-13/h2,4,10-12,16H,1,3,5-9H2,(H,17,18,19). The Morgan fingerprint density at radius 1 is 1.24 bits per heavy atom. The zero-order valence-corrected chi connectivity index (χ0v) is 12.1. The lowest BCUT2D eigenvalue weighted by atomic mass is 9.89. The molecule has 6 heteroatoms. The maximum Gasteiger partial charge on any atom is 0.245 e. The molecule has 21 heavy (non-hydrogen) atoms. The van der Waals surface area contributed by atoms with Gasteiger partial charge in [0.05, 0.1) is 6.26 Å². The molecule has 2 saturated heterocycles. The van der Waals surface area contributed by atoms with Crippen molar-refractivity contribution in [1.29, 1.82) is 0 Å². The summed E-state index contributed by atoms with van der Waals surface area (Å²) in [5, 5.41) is 10.9. The summed E-state index contributed by atoms with van der Waals surface area (Å²) in [4.78, 5) is 6.82. The molecule has 0 amide bonds. The Balaban J connectivity index is 1.39. The van der Waals surface area contributed by atoms with Crippen LogP contribution in [-0.4, -0.2) is 40.9 Å². The van der Waals surface area contributed by atoms with Gasteiger partial charge in [0.15, 0.2) is 11.6 Å². The van der Waals surface area contributed by atoms with Gasteiger partial charge in [0.25, 0.3) is 0 Å². The van der Waals surface area contributed by atoms with Gasteiger partial charge >= 0.3 is 0 Å². The van der Waals surface area contributed by atoms with Crippen LogP contribution >= 0.6 is 0 Å². The first-order chi connectivity index (χ1) is 10.4. The van der Waals surface area contributed by atoms with Gasteiger partial charge in [-0.05, 0) is 50.3 Å². The summed E-state index contributed by atoms with van der Waals surface area (Å²) in [7, 11) is 0. The maximum absolute atomic E-state index is 5.34. The van der Waals surface area contributed by atoms with Gasteiger partial charge in [0, 0.05) is 19.1 Å². The SMILES string of the molecule is c1coc(-c2nc(N3CCC(C4CCCN4)CC3)n[nH]2)c1. The van der Waals surface area contributed by atoms with Crippen molar-refractivity contribution < 1.29 is 4.42 Å². The molecule has 0 aromatic carbocycles. The van der Waals surface area contributed by atoms with E-state index < -0.39 is 0 Å². The second-order valence-electron chi connectivity index (χ2n) is 5.99. The largest absolute Gasteiger partial charge is 0.461 e. The Hall–Kier alpha value is -1.82. The number of hydrogen-bond acceptors (Lipinski definition) is 5. The molecule has 1 unspecified atom stereocenters. The van der Waals surface area contributed by atoms with Crippen molar-refractivity contribution in [3.05, 3.63) is 18.4 Å². The van der Waals surface area contributed by atoms with Crippen molar-refractivity contribution in [2.45, 2.75) is 31.7 Å². The van der Waals surface area contributed by atoms with Crippen LogP contribution in [0.25, 0.3) is 11.6 Å². The fraction of sp³-hybridized carbons (Fsp3) is 0.600. The van der Waals surface area contributed by atoms with E-state index in [4.69, 9.17) is 4.42 Å². The molecule has 0 bridgehead atoms. The highest BCUT2D eigenvalue weighted by Crippen LogP contribution is 2.27. The summed E-state index contributed by atoms with van der Waals surface area (Å²) < 4.78 is 5.34. The van der Waals surface area contributed by atoms with Gasteiger partial charge in [0.2, 0.25) is 5.95 Å². The molecule has 0 spiro atoms. The minimum atomic E-state index is 0.703. The molecule has 0 saturated carbocycles. The second-order valence-corrected chi connectivity index (χ2v) is 5.99. The summed E-state index contributed by atoms with van der Waals surface area (Å²) in [6.07, 6.45) is 6.77. The van der Waals surface area contributed by atoms with Crippen LogP contribution in [0, 0.1) is 5.92 Å². The lowest BCUT2D eigenvalue weighted by Crippen LogP contribution is -2.41. The van der Waals surface area contributed by atoms with Crippen LogP contribution in [0.2, 0.25) is 0 Å². The third-order valence-electron chi connectivity index (χ3n) is 4.72. The molecular weight excluding hydrogens is 266 g/mol. The highest BCUT2D eigenvalue weighted by molar-refractivity contribution is 5.48. The van der Waals surface area contributed by atoms with Crippen LogP contribution in [0.1, 0.15) is 25.7 Å². The quantitative estimate of drug-likeness (QED) is 0.904. The number of aromatic nitrogens is 3. The van der Waals surface area contributed by atoms with E-state index in [9.17, 15) is 0 Å². The van der Waals surface area contributed by atoms with Crippen molar-refractivity contribution in [2.24, 2.45) is 5.92 Å². The zero-order chi connectivity index (χ0) is 14.1. The first-order valence-corrected chi connectivity index (χ1v) is 7.85. The molecule has 0 radical (unpaired) electrons. The van der Waals surface area contributed by atoms with Crippen LogP contribution in [-0.2, 0) is 0 Å². The summed E-state index contributed by atoms with van der Waals surface area (Å²) >= 11 is 0. The van der Waals surface area contributed by atoms with Gasteiger partial charge < -0.3 is 14.6 Å². The predicted octanol–water partition coefficient (Wildman–Crippen LogP) is 2.03. The molecule has 2 fully saturated rings. The van der Waals surface area contributed by atoms with Crippen molar-refractivity contribution in [3.63, 3.8) is 0 Å². The molecule has 0 aliphatic carbocycles. The second kappa shape index (κ2) is 5.52. The molecule has 4 rings (SSSR count). The van der Waals surface area contributed by atoms with Crippen LogP contribution in [0.5, 0.6) is 0 Å². The number of nitrogens with zero attached hydrogens (tertiary/aromatic N) is 3. The van der Waals surface area contributed by atoms with Gasteiger partial charge in [-0.25, -0.2) is 0 Å². The Morgan fingerprint density at radius 2 is 2.14 bits per heavy atom. The van der Waals surface area contributed by atoms with Gasteiger partial charge in [-0.15, -0.1) is 5.10 Å². The average molecular weight is 287 g/mol. The number of piperidine rings is 1. The van der Waals surface area contributed by atoms with Gasteiger partial charge in [-0.3, -0.25) is 5.10 Å². The first-order valence-electron chi connectivity index (χ1n) is 7.85. The number of rotatable bonds is 3. The fourth-order valence-corrected chi connectivity index (χ4v) is 3.53. The molecule has 4 heterocycles. The maximum atomic E-state index is 5.34. The molecule has 6 nitrogen and oxygen atoms in total. The van der Waals surface area contributed by atoms with Gasteiger partial charge in [-0.2, -0.15) is 4.98 Å². The Kier molecular flexibility index (Phi) is 3.39. The number of anilines is 1. The highest BCUT2D eigenvalue weighted by atomic mass is 16.3. The van der Waals surface area contributed by atoms with Crippen molar-refractivity contribution in [3.8, 4) is 11.6 Å². The summed E-state index contributed by atoms with van der Waals surface area (Å²) in [6.45, 7) is 3.27. The van der Waals surface area contributed by atoms with E-state index in [-0.39, 0.29) is 0 Å². The molecule has 2 aliphatic rings. The normalized spacial score (nSPS) is 23.8. The van der Waals surface area contributed by atoms with E-state index in [1.165, 1.54) is 32.2 Å². The van der Waals surface area contributed by atoms with E-state index in [1.807, 2.05) is 12.1 Å². The fourth-order valence-electron chi connectivity index (χ4n) is 3.53. The van der Waals surface area contributed by atoms with Crippen LogP contribution in [0.4, 0.5) is 5.95 Å². The lowest BCUT2D eigenvalue weighted by Gasteiger charge is -2.34. The molecule has 1 atom stereocenters. The first kappa shape index (κ1) is 12.9. The monoisotopic (exact) mass is 287 g/mol. The van der Waals surface area contributed by atoms with Crippen molar-refractivity contribution in [1.82, 2.24) is 20.5 Å². The van der Waals surface area contributed by atoms with E-state index in [1.54, 1.807) is 6.26 Å². The minimum absolute atomic E-state index is 0.703. The molecule has 2 aliphatic heterocycles. The highest BCUT2D eigenvalue weighted by Gasteiger charge is 2.29. The van der Waals surface area contributed by atoms with Gasteiger partial charge in [-0.1, -0.05) is 0 Å². The van der Waals surface area contributed by atoms with E-state index in [0.29, 0.717) is 5.82 Å². The molecule has 2 aromatic rings. The summed E-state index contributed by atoms with van der Waals surface area (Å²) in [6, 6.07) is 4.48. The van der Waals surface area contributed by atoms with Crippen molar-refractivity contribution >= 4 is 5.95 Å². The molecule has 112 valence electrons. The number of hydrogen-bond donors (Lipinski definition) is 2. The number of H-pyrrole nitrogens is 1. The Labute approximate surface area is 123 Å². The topological polar surface area (TPSA) is 70.0 Å². The molecule has 2 N–H and O–H groups in total. The smallest absolute Gasteiger partial charge is 0.245 e. The van der Waals surface area contributed by atoms with Crippen molar-refractivity contribution in [2.75, 3.05) is 24.5 Å². The molecule has 2 aromatic heterocycles. The molecular formula is C15H21N5O. The number of aromatic amines is 1. The zero-order valence-electron chi connectivity index (χ0n) is 12.1. The predicted molar refractivity (Wildman–Crippen MR) is 80.0 cm³/mol. The average Bonchev–Trinajstić information content (AvgIpc) is 3.27. The minimum Gasteiger partial charge on any atom is -0.461 e. The number of nitrogens with one attached hydrogen (secondary N) is 2. The van der Waals surface area contributed by atoms with Crippen LogP contribution in [0.3, 0.4) is 0 Å². The van der Waals surface area contributed by atoms with Crippen LogP contribution < -0.4 is 10.2 Å². The third kappa shape index (κ3) is 2.55. The summed E-state index contributed by atoms with van der Waals surface area (Å²) in [5.41, 5.74) is 0.